The van der Waals surface area contributed by atoms with Crippen LogP contribution in [0.2, 0.25) is 0 Å². The van der Waals surface area contributed by atoms with E-state index in [-0.39, 0.29) is 6.10 Å². The van der Waals surface area contributed by atoms with Gasteiger partial charge >= 0.3 is 0 Å². The number of piperidine rings is 1. The molecule has 1 N–H and O–H groups in total. The van der Waals surface area contributed by atoms with Gasteiger partial charge < -0.3 is 5.11 Å². The summed E-state index contributed by atoms with van der Waals surface area (Å²) >= 11 is 3.41. The summed E-state index contributed by atoms with van der Waals surface area (Å²) in [4.78, 5) is 2.42. The number of likely N-dealkylation sites (tertiary alicyclic amines) is 1. The molecule has 0 aliphatic carbocycles. The molecule has 1 aromatic rings. The van der Waals surface area contributed by atoms with Gasteiger partial charge in [-0.25, -0.2) is 0 Å². The first kappa shape index (κ1) is 14.0. The smallest absolute Gasteiger partial charge is 0.0692 e. The third-order valence-electron chi connectivity index (χ3n) is 3.74. The summed E-state index contributed by atoms with van der Waals surface area (Å²) in [7, 11) is 0. The molecule has 0 amide bonds. The Labute approximate surface area is 117 Å². The summed E-state index contributed by atoms with van der Waals surface area (Å²) in [5, 5.41) is 14.4. The Kier molecular flexibility index (Phi) is 5.21. The van der Waals surface area contributed by atoms with Crippen molar-refractivity contribution in [2.45, 2.75) is 51.3 Å². The molecular formula is C13H22BrN3O. The Morgan fingerprint density at radius 1 is 1.50 bits per heavy atom. The van der Waals surface area contributed by atoms with E-state index in [1.165, 1.54) is 12.8 Å². The van der Waals surface area contributed by atoms with Crippen molar-refractivity contribution in [1.29, 1.82) is 0 Å². The van der Waals surface area contributed by atoms with Crippen LogP contribution in [0.25, 0.3) is 0 Å². The van der Waals surface area contributed by atoms with Crippen molar-refractivity contribution >= 4 is 15.9 Å². The second-order valence-electron chi connectivity index (χ2n) is 5.00. The minimum atomic E-state index is -0.186. The molecule has 1 aromatic heterocycles. The molecule has 4 nitrogen and oxygen atoms in total. The molecule has 1 fully saturated rings. The van der Waals surface area contributed by atoms with Gasteiger partial charge in [0, 0.05) is 18.8 Å². The maximum absolute atomic E-state index is 10.1. The minimum absolute atomic E-state index is 0.186. The summed E-state index contributed by atoms with van der Waals surface area (Å²) in [5.41, 5.74) is 0. The van der Waals surface area contributed by atoms with E-state index in [0.717, 1.165) is 36.9 Å². The molecule has 2 heterocycles. The van der Waals surface area contributed by atoms with E-state index >= 15 is 0 Å². The normalized spacial score (nSPS) is 23.2. The average Bonchev–Trinajstić information content (AvgIpc) is 2.81. The first-order valence-corrected chi connectivity index (χ1v) is 7.60. The van der Waals surface area contributed by atoms with Crippen molar-refractivity contribution in [3.05, 3.63) is 16.9 Å². The predicted octanol–water partition coefficient (Wildman–Crippen LogP) is 2.27. The van der Waals surface area contributed by atoms with Gasteiger partial charge in [0.05, 0.1) is 23.3 Å². The molecule has 2 atom stereocenters. The van der Waals surface area contributed by atoms with Crippen LogP contribution in [0.4, 0.5) is 0 Å². The molecule has 2 rings (SSSR count). The topological polar surface area (TPSA) is 41.3 Å². The molecule has 0 spiro atoms. The van der Waals surface area contributed by atoms with Gasteiger partial charge in [-0.05, 0) is 41.7 Å². The van der Waals surface area contributed by atoms with Crippen LogP contribution in [0, 0.1) is 0 Å². The summed E-state index contributed by atoms with van der Waals surface area (Å²) < 4.78 is 2.97. The lowest BCUT2D eigenvalue weighted by Crippen LogP contribution is -2.47. The second-order valence-corrected chi connectivity index (χ2v) is 5.91. The molecule has 0 radical (unpaired) electrons. The number of nitrogens with zero attached hydrogens (tertiary/aromatic N) is 3. The largest absolute Gasteiger partial charge is 0.392 e. The fourth-order valence-electron chi connectivity index (χ4n) is 2.69. The van der Waals surface area contributed by atoms with E-state index in [1.54, 1.807) is 0 Å². The van der Waals surface area contributed by atoms with Gasteiger partial charge in [-0.1, -0.05) is 13.3 Å². The van der Waals surface area contributed by atoms with Crippen LogP contribution in [0.3, 0.4) is 0 Å². The highest BCUT2D eigenvalue weighted by molar-refractivity contribution is 9.10. The number of halogens is 1. The lowest BCUT2D eigenvalue weighted by atomic mass is 9.96. The molecule has 0 bridgehead atoms. The maximum Gasteiger partial charge on any atom is 0.0692 e. The van der Waals surface area contributed by atoms with Crippen LogP contribution < -0.4 is 0 Å². The number of rotatable bonds is 5. The van der Waals surface area contributed by atoms with Gasteiger partial charge in [-0.3, -0.25) is 9.58 Å². The third-order valence-corrected chi connectivity index (χ3v) is 4.15. The zero-order valence-corrected chi connectivity index (χ0v) is 12.5. The molecule has 5 heteroatoms. The van der Waals surface area contributed by atoms with E-state index in [2.05, 4.69) is 32.9 Å². The van der Waals surface area contributed by atoms with E-state index in [0.29, 0.717) is 6.04 Å². The number of aliphatic hydroxyl groups is 1. The van der Waals surface area contributed by atoms with E-state index in [4.69, 9.17) is 0 Å². The van der Waals surface area contributed by atoms with Crippen molar-refractivity contribution in [2.24, 2.45) is 0 Å². The molecule has 1 aliphatic rings. The number of hydrogen-bond acceptors (Lipinski definition) is 3. The molecular weight excluding hydrogens is 294 g/mol. The molecule has 102 valence electrons. The van der Waals surface area contributed by atoms with E-state index in [1.807, 2.05) is 17.1 Å². The Hall–Kier alpha value is -0.390. The van der Waals surface area contributed by atoms with Gasteiger partial charge in [0.15, 0.2) is 0 Å². The molecule has 1 aliphatic heterocycles. The van der Waals surface area contributed by atoms with Crippen molar-refractivity contribution in [2.75, 3.05) is 13.1 Å². The SMILES string of the molecule is CCC(O)C1CCCCN1CCn1cc(Br)cn1. The molecule has 0 saturated carbocycles. The quantitative estimate of drug-likeness (QED) is 0.906. The van der Waals surface area contributed by atoms with Crippen LogP contribution in [-0.4, -0.2) is 45.0 Å². The summed E-state index contributed by atoms with van der Waals surface area (Å²) in [6, 6.07) is 0.336. The van der Waals surface area contributed by atoms with Gasteiger partial charge in [0.2, 0.25) is 0 Å². The zero-order valence-electron chi connectivity index (χ0n) is 10.9. The zero-order chi connectivity index (χ0) is 13.0. The Balaban J connectivity index is 1.89. The van der Waals surface area contributed by atoms with Gasteiger partial charge in [-0.2, -0.15) is 5.10 Å². The maximum atomic E-state index is 10.1. The Morgan fingerprint density at radius 3 is 3.00 bits per heavy atom. The second kappa shape index (κ2) is 6.68. The fourth-order valence-corrected chi connectivity index (χ4v) is 3.02. The molecule has 18 heavy (non-hydrogen) atoms. The van der Waals surface area contributed by atoms with Gasteiger partial charge in [0.25, 0.3) is 0 Å². The lowest BCUT2D eigenvalue weighted by Gasteiger charge is -2.38. The summed E-state index contributed by atoms with van der Waals surface area (Å²) in [6.45, 7) is 5.01. The third kappa shape index (κ3) is 3.56. The monoisotopic (exact) mass is 315 g/mol. The Bertz CT molecular complexity index is 369. The van der Waals surface area contributed by atoms with Crippen LogP contribution in [-0.2, 0) is 6.54 Å². The highest BCUT2D eigenvalue weighted by atomic mass is 79.9. The van der Waals surface area contributed by atoms with E-state index in [9.17, 15) is 5.11 Å². The average molecular weight is 316 g/mol. The number of hydrogen-bond donors (Lipinski definition) is 1. The highest BCUT2D eigenvalue weighted by Gasteiger charge is 2.27. The lowest BCUT2D eigenvalue weighted by molar-refractivity contribution is 0.0218. The number of aromatic nitrogens is 2. The first-order valence-electron chi connectivity index (χ1n) is 6.80. The van der Waals surface area contributed by atoms with Crippen LogP contribution in [0.1, 0.15) is 32.6 Å². The minimum Gasteiger partial charge on any atom is -0.392 e. The van der Waals surface area contributed by atoms with Gasteiger partial charge in [-0.15, -0.1) is 0 Å². The van der Waals surface area contributed by atoms with Crippen molar-refractivity contribution < 1.29 is 5.11 Å². The molecule has 0 aromatic carbocycles. The summed E-state index contributed by atoms with van der Waals surface area (Å²) in [6.07, 6.45) is 8.08. The van der Waals surface area contributed by atoms with Gasteiger partial charge in [0.1, 0.15) is 0 Å². The number of aliphatic hydroxyl groups excluding tert-OH is 1. The fraction of sp³-hybridized carbons (Fsp3) is 0.769. The Morgan fingerprint density at radius 2 is 2.33 bits per heavy atom. The highest BCUT2D eigenvalue weighted by Crippen LogP contribution is 2.21. The van der Waals surface area contributed by atoms with E-state index < -0.39 is 0 Å². The van der Waals surface area contributed by atoms with Crippen LogP contribution >= 0.6 is 15.9 Å². The summed E-state index contributed by atoms with van der Waals surface area (Å²) in [5.74, 6) is 0. The molecule has 2 unspecified atom stereocenters. The van der Waals surface area contributed by atoms with Crippen LogP contribution in [0.15, 0.2) is 16.9 Å². The predicted molar refractivity (Wildman–Crippen MR) is 75.4 cm³/mol. The van der Waals surface area contributed by atoms with Crippen molar-refractivity contribution in [1.82, 2.24) is 14.7 Å². The standard InChI is InChI=1S/C13H22BrN3O/c1-2-13(18)12-5-3-4-6-16(12)7-8-17-10-11(14)9-15-17/h9-10,12-13,18H,2-8H2,1H3. The van der Waals surface area contributed by atoms with Crippen LogP contribution in [0.5, 0.6) is 0 Å². The first-order chi connectivity index (χ1) is 8.70. The van der Waals surface area contributed by atoms with Crippen molar-refractivity contribution in [3.8, 4) is 0 Å². The van der Waals surface area contributed by atoms with Crippen molar-refractivity contribution in [3.63, 3.8) is 0 Å². The molecule has 1 saturated heterocycles.